The maximum atomic E-state index is 11.8. The van der Waals surface area contributed by atoms with E-state index >= 15 is 0 Å². The maximum absolute atomic E-state index is 11.8. The average Bonchev–Trinajstić information content (AvgIpc) is 3.01. The lowest BCUT2D eigenvalue weighted by Crippen LogP contribution is -2.06. The van der Waals surface area contributed by atoms with E-state index in [1.165, 1.54) is 11.8 Å². The second-order valence-electron chi connectivity index (χ2n) is 4.72. The molecule has 8 heteroatoms. The minimum atomic E-state index is -0.535. The molecule has 0 aromatic carbocycles. The van der Waals surface area contributed by atoms with Crippen molar-refractivity contribution in [2.45, 2.75) is 6.92 Å². The lowest BCUT2D eigenvalue weighted by atomic mass is 10.2. The quantitative estimate of drug-likeness (QED) is 0.686. The van der Waals surface area contributed by atoms with E-state index in [0.717, 1.165) is 11.3 Å². The number of pyridine rings is 1. The third kappa shape index (κ3) is 3.04. The van der Waals surface area contributed by atoms with Gasteiger partial charge in [-0.2, -0.15) is 5.10 Å². The Morgan fingerprint density at radius 2 is 2.04 bits per heavy atom. The molecular formula is C15H12ClN5O2. The topological polar surface area (TPSA) is 82.8 Å². The summed E-state index contributed by atoms with van der Waals surface area (Å²) in [7, 11) is 1.30. The molecule has 3 rings (SSSR count). The highest BCUT2D eigenvalue weighted by Crippen LogP contribution is 2.23. The average molecular weight is 330 g/mol. The standard InChI is InChI=1S/C15H12ClN5O2/c1-9-3-4-10(8-17-9)12-7-11(15(22)23-2)20-21(12)14-6-5-13(16)18-19-14/h3-8H,1-2H3. The minimum Gasteiger partial charge on any atom is -0.464 e. The highest BCUT2D eigenvalue weighted by molar-refractivity contribution is 6.29. The highest BCUT2D eigenvalue weighted by atomic mass is 35.5. The number of hydrogen-bond donors (Lipinski definition) is 0. The number of aryl methyl sites for hydroxylation is 1. The van der Waals surface area contributed by atoms with Gasteiger partial charge in [-0.1, -0.05) is 11.6 Å². The van der Waals surface area contributed by atoms with Gasteiger partial charge in [-0.3, -0.25) is 4.98 Å². The second-order valence-corrected chi connectivity index (χ2v) is 5.11. The van der Waals surface area contributed by atoms with Crippen molar-refractivity contribution in [3.8, 4) is 17.1 Å². The molecule has 0 radical (unpaired) electrons. The molecule has 0 aliphatic rings. The van der Waals surface area contributed by atoms with Crippen LogP contribution in [0.5, 0.6) is 0 Å². The summed E-state index contributed by atoms with van der Waals surface area (Å²) in [4.78, 5) is 16.0. The lowest BCUT2D eigenvalue weighted by Gasteiger charge is -2.06. The molecule has 0 saturated carbocycles. The summed E-state index contributed by atoms with van der Waals surface area (Å²) in [6.45, 7) is 1.89. The molecule has 0 spiro atoms. The normalized spacial score (nSPS) is 10.6. The largest absolute Gasteiger partial charge is 0.464 e. The van der Waals surface area contributed by atoms with Crippen molar-refractivity contribution in [2.75, 3.05) is 7.11 Å². The summed E-state index contributed by atoms with van der Waals surface area (Å²) < 4.78 is 6.23. The molecule has 0 atom stereocenters. The zero-order valence-corrected chi connectivity index (χ0v) is 13.2. The number of rotatable bonds is 3. The van der Waals surface area contributed by atoms with Gasteiger partial charge in [0, 0.05) is 17.5 Å². The van der Waals surface area contributed by atoms with Crippen LogP contribution in [0.1, 0.15) is 16.2 Å². The van der Waals surface area contributed by atoms with Crippen LogP contribution in [-0.4, -0.2) is 38.0 Å². The molecule has 0 fully saturated rings. The molecule has 0 bridgehead atoms. The first-order chi connectivity index (χ1) is 11.1. The predicted molar refractivity (Wildman–Crippen MR) is 83.5 cm³/mol. The summed E-state index contributed by atoms with van der Waals surface area (Å²) in [5, 5.41) is 12.3. The molecule has 0 saturated heterocycles. The first-order valence-electron chi connectivity index (χ1n) is 6.69. The van der Waals surface area contributed by atoms with E-state index in [0.29, 0.717) is 11.5 Å². The van der Waals surface area contributed by atoms with Crippen LogP contribution in [0.25, 0.3) is 17.1 Å². The number of carbonyl (C=O) groups excluding carboxylic acids is 1. The van der Waals surface area contributed by atoms with Gasteiger partial charge >= 0.3 is 5.97 Å². The van der Waals surface area contributed by atoms with Crippen LogP contribution in [0.3, 0.4) is 0 Å². The summed E-state index contributed by atoms with van der Waals surface area (Å²) in [6, 6.07) is 8.64. The van der Waals surface area contributed by atoms with Crippen LogP contribution in [0, 0.1) is 6.92 Å². The van der Waals surface area contributed by atoms with Crippen molar-refractivity contribution in [1.82, 2.24) is 25.0 Å². The Morgan fingerprint density at radius 3 is 2.65 bits per heavy atom. The summed E-state index contributed by atoms with van der Waals surface area (Å²) in [5.41, 5.74) is 2.49. The molecule has 116 valence electrons. The maximum Gasteiger partial charge on any atom is 0.358 e. The van der Waals surface area contributed by atoms with E-state index in [1.807, 2.05) is 19.1 Å². The summed E-state index contributed by atoms with van der Waals surface area (Å²) in [5.74, 6) is -0.105. The van der Waals surface area contributed by atoms with Crippen LogP contribution < -0.4 is 0 Å². The van der Waals surface area contributed by atoms with Gasteiger partial charge in [-0.25, -0.2) is 9.48 Å². The third-order valence-electron chi connectivity index (χ3n) is 3.15. The van der Waals surface area contributed by atoms with Crippen LogP contribution in [0.4, 0.5) is 0 Å². The Morgan fingerprint density at radius 1 is 1.22 bits per heavy atom. The highest BCUT2D eigenvalue weighted by Gasteiger charge is 2.18. The van der Waals surface area contributed by atoms with Gasteiger partial charge in [0.15, 0.2) is 16.7 Å². The van der Waals surface area contributed by atoms with Crippen molar-refractivity contribution in [1.29, 1.82) is 0 Å². The first-order valence-corrected chi connectivity index (χ1v) is 7.07. The Balaban J connectivity index is 2.16. The number of ether oxygens (including phenoxy) is 1. The number of nitrogens with zero attached hydrogens (tertiary/aromatic N) is 5. The molecule has 0 aliphatic carbocycles. The number of aromatic nitrogens is 5. The fourth-order valence-corrected chi connectivity index (χ4v) is 2.11. The van der Waals surface area contributed by atoms with Gasteiger partial charge in [-0.05, 0) is 37.3 Å². The molecule has 3 heterocycles. The van der Waals surface area contributed by atoms with E-state index in [2.05, 4.69) is 20.3 Å². The minimum absolute atomic E-state index is 0.167. The van der Waals surface area contributed by atoms with E-state index in [9.17, 15) is 4.79 Å². The van der Waals surface area contributed by atoms with E-state index in [1.54, 1.807) is 24.4 Å². The zero-order chi connectivity index (χ0) is 16.4. The smallest absolute Gasteiger partial charge is 0.358 e. The summed E-state index contributed by atoms with van der Waals surface area (Å²) >= 11 is 5.76. The number of methoxy groups -OCH3 is 1. The number of esters is 1. The van der Waals surface area contributed by atoms with Crippen molar-refractivity contribution in [3.05, 3.63) is 53.1 Å². The van der Waals surface area contributed by atoms with Gasteiger partial charge < -0.3 is 4.74 Å². The monoisotopic (exact) mass is 329 g/mol. The Bertz CT molecular complexity index is 780. The molecule has 23 heavy (non-hydrogen) atoms. The number of hydrogen-bond acceptors (Lipinski definition) is 6. The molecule has 7 nitrogen and oxygen atoms in total. The Kier molecular flexibility index (Phi) is 4.03. The van der Waals surface area contributed by atoms with Gasteiger partial charge in [0.05, 0.1) is 12.8 Å². The van der Waals surface area contributed by atoms with Crippen molar-refractivity contribution in [2.24, 2.45) is 0 Å². The fourth-order valence-electron chi connectivity index (χ4n) is 2.01. The first kappa shape index (κ1) is 15.1. The van der Waals surface area contributed by atoms with Gasteiger partial charge in [0.2, 0.25) is 0 Å². The Labute approximate surface area is 136 Å². The second kappa shape index (κ2) is 6.13. The predicted octanol–water partition coefficient (Wildman–Crippen LogP) is 2.47. The molecule has 0 amide bonds. The molecule has 0 N–H and O–H groups in total. The fraction of sp³-hybridized carbons (Fsp3) is 0.133. The molecular weight excluding hydrogens is 318 g/mol. The van der Waals surface area contributed by atoms with Crippen LogP contribution >= 0.6 is 11.6 Å². The van der Waals surface area contributed by atoms with E-state index in [4.69, 9.17) is 16.3 Å². The van der Waals surface area contributed by atoms with Crippen LogP contribution in [0.15, 0.2) is 36.5 Å². The lowest BCUT2D eigenvalue weighted by molar-refractivity contribution is 0.0593. The van der Waals surface area contributed by atoms with Gasteiger partial charge in [-0.15, -0.1) is 10.2 Å². The SMILES string of the molecule is COC(=O)c1cc(-c2ccc(C)nc2)n(-c2ccc(Cl)nn2)n1. The molecule has 0 unspecified atom stereocenters. The van der Waals surface area contributed by atoms with E-state index in [-0.39, 0.29) is 10.8 Å². The third-order valence-corrected chi connectivity index (χ3v) is 3.35. The molecule has 0 aliphatic heterocycles. The molecule has 3 aromatic rings. The van der Waals surface area contributed by atoms with Crippen molar-refractivity contribution >= 4 is 17.6 Å². The van der Waals surface area contributed by atoms with Crippen LogP contribution in [-0.2, 0) is 4.74 Å². The summed E-state index contributed by atoms with van der Waals surface area (Å²) in [6.07, 6.45) is 1.70. The Hall–Kier alpha value is -2.80. The van der Waals surface area contributed by atoms with Crippen molar-refractivity contribution < 1.29 is 9.53 Å². The van der Waals surface area contributed by atoms with Gasteiger partial charge in [0.1, 0.15) is 0 Å². The van der Waals surface area contributed by atoms with Crippen LogP contribution in [0.2, 0.25) is 5.15 Å². The molecule has 3 aromatic heterocycles. The number of carbonyl (C=O) groups is 1. The number of halogens is 1. The van der Waals surface area contributed by atoms with E-state index < -0.39 is 5.97 Å². The van der Waals surface area contributed by atoms with Crippen molar-refractivity contribution in [3.63, 3.8) is 0 Å². The zero-order valence-electron chi connectivity index (χ0n) is 12.4. The van der Waals surface area contributed by atoms with Gasteiger partial charge in [0.25, 0.3) is 0 Å².